The fraction of sp³-hybridized carbons (Fsp3) is 0.421. The maximum absolute atomic E-state index is 12.1. The number of fused-ring (bicyclic) bond motifs is 1. The lowest BCUT2D eigenvalue weighted by molar-refractivity contribution is -0.125. The van der Waals surface area contributed by atoms with E-state index >= 15 is 0 Å². The SMILES string of the molecule is C#CC(CC)(CC)NC(=O)COC(=O)c1ccc2c(c1)CCC(=O)N2. The van der Waals surface area contributed by atoms with Crippen LogP contribution in [-0.4, -0.2) is 29.9 Å². The number of nitrogens with one attached hydrogen (secondary N) is 2. The van der Waals surface area contributed by atoms with Gasteiger partial charge >= 0.3 is 5.97 Å². The zero-order valence-corrected chi connectivity index (χ0v) is 14.5. The van der Waals surface area contributed by atoms with Crippen LogP contribution in [0.4, 0.5) is 5.69 Å². The van der Waals surface area contributed by atoms with Crippen molar-refractivity contribution in [2.75, 3.05) is 11.9 Å². The Kier molecular flexibility index (Phi) is 5.81. The Balaban J connectivity index is 1.95. The van der Waals surface area contributed by atoms with E-state index in [0.29, 0.717) is 36.9 Å². The van der Waals surface area contributed by atoms with Crippen LogP contribution >= 0.6 is 0 Å². The molecular formula is C19H22N2O4. The zero-order valence-electron chi connectivity index (χ0n) is 14.5. The number of ether oxygens (including phenoxy) is 1. The summed E-state index contributed by atoms with van der Waals surface area (Å²) in [5.74, 6) is 1.54. The molecule has 2 N–H and O–H groups in total. The third-order valence-corrected chi connectivity index (χ3v) is 4.43. The van der Waals surface area contributed by atoms with Gasteiger partial charge in [0.1, 0.15) is 5.54 Å². The second-order valence-electron chi connectivity index (χ2n) is 5.98. The largest absolute Gasteiger partial charge is 0.452 e. The molecular weight excluding hydrogens is 320 g/mol. The number of rotatable bonds is 6. The number of aryl methyl sites for hydroxylation is 1. The standard InChI is InChI=1S/C19H22N2O4/c1-4-19(5-2,6-3)21-17(23)12-25-18(24)14-7-9-15-13(11-14)8-10-16(22)20-15/h1,7,9,11H,5-6,8,10,12H2,2-3H3,(H,20,22)(H,21,23). The van der Waals surface area contributed by atoms with Gasteiger partial charge in [-0.1, -0.05) is 19.8 Å². The molecule has 6 heteroatoms. The van der Waals surface area contributed by atoms with E-state index in [0.717, 1.165) is 5.56 Å². The molecule has 0 saturated carbocycles. The van der Waals surface area contributed by atoms with Crippen LogP contribution in [0.15, 0.2) is 18.2 Å². The first-order valence-electron chi connectivity index (χ1n) is 8.31. The number of hydrogen-bond donors (Lipinski definition) is 2. The monoisotopic (exact) mass is 342 g/mol. The quantitative estimate of drug-likeness (QED) is 0.612. The van der Waals surface area contributed by atoms with E-state index in [-0.39, 0.29) is 5.91 Å². The average Bonchev–Trinajstić information content (AvgIpc) is 2.63. The summed E-state index contributed by atoms with van der Waals surface area (Å²) in [5, 5.41) is 5.49. The second kappa shape index (κ2) is 7.84. The molecule has 25 heavy (non-hydrogen) atoms. The molecule has 0 spiro atoms. The highest BCUT2D eigenvalue weighted by Crippen LogP contribution is 2.23. The van der Waals surface area contributed by atoms with E-state index in [2.05, 4.69) is 16.6 Å². The first-order chi connectivity index (χ1) is 11.9. The highest BCUT2D eigenvalue weighted by atomic mass is 16.5. The molecule has 1 aromatic carbocycles. The Hall–Kier alpha value is -2.81. The Morgan fingerprint density at radius 1 is 1.32 bits per heavy atom. The third-order valence-electron chi connectivity index (χ3n) is 4.43. The Morgan fingerprint density at radius 3 is 2.68 bits per heavy atom. The number of hydrogen-bond acceptors (Lipinski definition) is 4. The molecule has 0 aliphatic carbocycles. The van der Waals surface area contributed by atoms with Crippen molar-refractivity contribution in [2.45, 2.75) is 45.1 Å². The van der Waals surface area contributed by atoms with E-state index in [4.69, 9.17) is 11.2 Å². The smallest absolute Gasteiger partial charge is 0.338 e. The highest BCUT2D eigenvalue weighted by molar-refractivity contribution is 5.96. The van der Waals surface area contributed by atoms with Gasteiger partial charge in [0, 0.05) is 12.1 Å². The van der Waals surface area contributed by atoms with Gasteiger partial charge in [-0.15, -0.1) is 6.42 Å². The highest BCUT2D eigenvalue weighted by Gasteiger charge is 2.26. The molecule has 1 aliphatic heterocycles. The van der Waals surface area contributed by atoms with Crippen LogP contribution in [0.1, 0.15) is 49.0 Å². The van der Waals surface area contributed by atoms with Crippen LogP contribution in [0.5, 0.6) is 0 Å². The van der Waals surface area contributed by atoms with E-state index in [1.807, 2.05) is 13.8 Å². The number of terminal acetylenes is 1. The number of anilines is 1. The van der Waals surface area contributed by atoms with Crippen LogP contribution in [0.2, 0.25) is 0 Å². The molecule has 0 radical (unpaired) electrons. The number of amides is 2. The summed E-state index contributed by atoms with van der Waals surface area (Å²) in [6.45, 7) is 3.39. The maximum Gasteiger partial charge on any atom is 0.338 e. The van der Waals surface area contributed by atoms with Crippen molar-refractivity contribution in [3.05, 3.63) is 29.3 Å². The Morgan fingerprint density at radius 2 is 2.04 bits per heavy atom. The van der Waals surface area contributed by atoms with E-state index in [1.54, 1.807) is 18.2 Å². The lowest BCUT2D eigenvalue weighted by Crippen LogP contribution is -2.48. The van der Waals surface area contributed by atoms with Crippen LogP contribution in [-0.2, 0) is 20.7 Å². The topological polar surface area (TPSA) is 84.5 Å². The minimum atomic E-state index is -0.715. The Labute approximate surface area is 147 Å². The maximum atomic E-state index is 12.1. The molecule has 0 aromatic heterocycles. The summed E-state index contributed by atoms with van der Waals surface area (Å²) in [5.41, 5.74) is 1.21. The predicted molar refractivity (Wildman–Crippen MR) is 94.0 cm³/mol. The average molecular weight is 342 g/mol. The van der Waals surface area contributed by atoms with Crippen LogP contribution in [0.25, 0.3) is 0 Å². The van der Waals surface area contributed by atoms with Gasteiger partial charge in [0.25, 0.3) is 5.91 Å². The van der Waals surface area contributed by atoms with E-state index in [1.165, 1.54) is 0 Å². The molecule has 0 fully saturated rings. The van der Waals surface area contributed by atoms with Crippen molar-refractivity contribution in [1.82, 2.24) is 5.32 Å². The molecule has 2 amide bonds. The van der Waals surface area contributed by atoms with E-state index < -0.39 is 24.0 Å². The molecule has 6 nitrogen and oxygen atoms in total. The van der Waals surface area contributed by atoms with Crippen molar-refractivity contribution in [3.63, 3.8) is 0 Å². The predicted octanol–water partition coefficient (Wildman–Crippen LogP) is 2.04. The van der Waals surface area contributed by atoms with Crippen molar-refractivity contribution in [3.8, 4) is 12.3 Å². The molecule has 0 atom stereocenters. The van der Waals surface area contributed by atoms with Gasteiger partial charge < -0.3 is 15.4 Å². The Bertz CT molecular complexity index is 729. The van der Waals surface area contributed by atoms with Gasteiger partial charge in [0.2, 0.25) is 5.91 Å². The molecule has 0 unspecified atom stereocenters. The van der Waals surface area contributed by atoms with Crippen molar-refractivity contribution >= 4 is 23.5 Å². The van der Waals surface area contributed by atoms with Crippen molar-refractivity contribution in [1.29, 1.82) is 0 Å². The minimum Gasteiger partial charge on any atom is -0.452 e. The fourth-order valence-electron chi connectivity index (χ4n) is 2.69. The molecule has 2 rings (SSSR count). The van der Waals surface area contributed by atoms with Crippen LogP contribution < -0.4 is 10.6 Å². The van der Waals surface area contributed by atoms with Gasteiger partial charge in [0.15, 0.2) is 6.61 Å². The van der Waals surface area contributed by atoms with Gasteiger partial charge in [-0.05, 0) is 43.0 Å². The summed E-state index contributed by atoms with van der Waals surface area (Å²) >= 11 is 0. The van der Waals surface area contributed by atoms with Gasteiger partial charge in [0.05, 0.1) is 5.56 Å². The summed E-state index contributed by atoms with van der Waals surface area (Å²) in [6.07, 6.45) is 7.64. The van der Waals surface area contributed by atoms with Gasteiger partial charge in [-0.2, -0.15) is 0 Å². The molecule has 0 bridgehead atoms. The summed E-state index contributed by atoms with van der Waals surface area (Å²) in [6, 6.07) is 4.91. The second-order valence-corrected chi connectivity index (χ2v) is 5.98. The number of carbonyl (C=O) groups excluding carboxylic acids is 3. The van der Waals surface area contributed by atoms with Gasteiger partial charge in [-0.25, -0.2) is 4.79 Å². The molecule has 1 aliphatic rings. The molecule has 0 saturated heterocycles. The zero-order chi connectivity index (χ0) is 18.4. The number of benzene rings is 1. The first-order valence-corrected chi connectivity index (χ1v) is 8.31. The summed E-state index contributed by atoms with van der Waals surface area (Å²) < 4.78 is 5.07. The molecule has 1 aromatic rings. The van der Waals surface area contributed by atoms with Crippen molar-refractivity contribution < 1.29 is 19.1 Å². The normalized spacial score (nSPS) is 13.2. The van der Waals surface area contributed by atoms with E-state index in [9.17, 15) is 14.4 Å². The third kappa shape index (κ3) is 4.38. The molecule has 132 valence electrons. The first kappa shape index (κ1) is 18.5. The molecule has 1 heterocycles. The van der Waals surface area contributed by atoms with Crippen LogP contribution in [0, 0.1) is 12.3 Å². The summed E-state index contributed by atoms with van der Waals surface area (Å²) in [4.78, 5) is 35.5. The minimum absolute atomic E-state index is 0.0386. The van der Waals surface area contributed by atoms with Gasteiger partial charge in [-0.3, -0.25) is 9.59 Å². The lowest BCUT2D eigenvalue weighted by atomic mass is 9.94. The van der Waals surface area contributed by atoms with Crippen LogP contribution in [0.3, 0.4) is 0 Å². The summed E-state index contributed by atoms with van der Waals surface area (Å²) in [7, 11) is 0. The fourth-order valence-corrected chi connectivity index (χ4v) is 2.69. The lowest BCUT2D eigenvalue weighted by Gasteiger charge is -2.26. The van der Waals surface area contributed by atoms with Crippen molar-refractivity contribution in [2.24, 2.45) is 0 Å². The number of carbonyl (C=O) groups is 3. The number of esters is 1.